The van der Waals surface area contributed by atoms with Gasteiger partial charge in [0, 0.05) is 24.3 Å². The Morgan fingerprint density at radius 1 is 1.29 bits per heavy atom. The minimum Gasteiger partial charge on any atom is -0.497 e. The van der Waals surface area contributed by atoms with E-state index < -0.39 is 0 Å². The highest BCUT2D eigenvalue weighted by molar-refractivity contribution is 5.46. The smallest absolute Gasteiger partial charge is 0.119 e. The number of hydrogen-bond acceptors (Lipinski definition) is 3. The van der Waals surface area contributed by atoms with Gasteiger partial charge in [-0.25, -0.2) is 0 Å². The fourth-order valence-electron chi connectivity index (χ4n) is 2.35. The average Bonchev–Trinajstić information content (AvgIpc) is 2.37. The molecule has 0 saturated carbocycles. The highest BCUT2D eigenvalue weighted by atomic mass is 16.5. The van der Waals surface area contributed by atoms with Crippen LogP contribution in [0.25, 0.3) is 0 Å². The van der Waals surface area contributed by atoms with Gasteiger partial charge in [-0.2, -0.15) is 0 Å². The van der Waals surface area contributed by atoms with Crippen LogP contribution in [0.15, 0.2) is 24.3 Å². The first-order valence-corrected chi connectivity index (χ1v) is 6.42. The average molecular weight is 234 g/mol. The van der Waals surface area contributed by atoms with Gasteiger partial charge >= 0.3 is 0 Å². The number of nitrogens with one attached hydrogen (secondary N) is 2. The van der Waals surface area contributed by atoms with Crippen LogP contribution in [0.3, 0.4) is 0 Å². The van der Waals surface area contributed by atoms with Gasteiger partial charge in [0.2, 0.25) is 0 Å². The molecule has 0 aromatic heterocycles. The highest BCUT2D eigenvalue weighted by Crippen LogP contribution is 2.16. The molecule has 3 heteroatoms. The third kappa shape index (κ3) is 3.63. The molecule has 1 aromatic carbocycles. The molecule has 17 heavy (non-hydrogen) atoms. The van der Waals surface area contributed by atoms with Crippen molar-refractivity contribution < 1.29 is 4.74 Å². The molecule has 0 bridgehead atoms. The molecule has 2 unspecified atom stereocenters. The molecular weight excluding hydrogens is 212 g/mol. The van der Waals surface area contributed by atoms with E-state index in [-0.39, 0.29) is 0 Å². The monoisotopic (exact) mass is 234 g/mol. The maximum atomic E-state index is 5.14. The SMILES string of the molecule is COc1ccc(NCC2CCCC(C)N2)cc1. The second-order valence-corrected chi connectivity index (χ2v) is 4.80. The quantitative estimate of drug-likeness (QED) is 0.840. The molecule has 0 aliphatic carbocycles. The number of methoxy groups -OCH3 is 1. The van der Waals surface area contributed by atoms with E-state index in [1.165, 1.54) is 19.3 Å². The first-order chi connectivity index (χ1) is 8.28. The Hall–Kier alpha value is -1.22. The van der Waals surface area contributed by atoms with Crippen LogP contribution in [0.5, 0.6) is 5.75 Å². The summed E-state index contributed by atoms with van der Waals surface area (Å²) in [5.74, 6) is 0.903. The number of piperidine rings is 1. The number of ether oxygens (including phenoxy) is 1. The van der Waals surface area contributed by atoms with E-state index in [1.807, 2.05) is 12.1 Å². The van der Waals surface area contributed by atoms with E-state index in [0.717, 1.165) is 18.0 Å². The van der Waals surface area contributed by atoms with Crippen LogP contribution in [0.4, 0.5) is 5.69 Å². The van der Waals surface area contributed by atoms with Gasteiger partial charge in [-0.15, -0.1) is 0 Å². The van der Waals surface area contributed by atoms with E-state index in [4.69, 9.17) is 4.74 Å². The van der Waals surface area contributed by atoms with Crippen molar-refractivity contribution in [2.75, 3.05) is 19.0 Å². The zero-order chi connectivity index (χ0) is 12.1. The van der Waals surface area contributed by atoms with Crippen LogP contribution in [0, 0.1) is 0 Å². The summed E-state index contributed by atoms with van der Waals surface area (Å²) in [5.41, 5.74) is 1.16. The molecule has 1 aliphatic heterocycles. The minimum absolute atomic E-state index is 0.598. The van der Waals surface area contributed by atoms with Gasteiger partial charge in [-0.05, 0) is 44.0 Å². The van der Waals surface area contributed by atoms with E-state index in [1.54, 1.807) is 7.11 Å². The topological polar surface area (TPSA) is 33.3 Å². The predicted molar refractivity (Wildman–Crippen MR) is 71.7 cm³/mol. The van der Waals surface area contributed by atoms with Gasteiger partial charge in [-0.1, -0.05) is 6.42 Å². The summed E-state index contributed by atoms with van der Waals surface area (Å²) in [6.07, 6.45) is 3.91. The number of rotatable bonds is 4. The lowest BCUT2D eigenvalue weighted by molar-refractivity contribution is 0.345. The fraction of sp³-hybridized carbons (Fsp3) is 0.571. The van der Waals surface area contributed by atoms with E-state index in [9.17, 15) is 0 Å². The second kappa shape index (κ2) is 5.92. The van der Waals surface area contributed by atoms with Gasteiger partial charge in [0.25, 0.3) is 0 Å². The number of hydrogen-bond donors (Lipinski definition) is 2. The Kier molecular flexibility index (Phi) is 4.26. The molecule has 3 nitrogen and oxygen atoms in total. The van der Waals surface area contributed by atoms with Gasteiger partial charge in [0.1, 0.15) is 5.75 Å². The Bertz CT molecular complexity index is 337. The second-order valence-electron chi connectivity index (χ2n) is 4.80. The normalized spacial score (nSPS) is 24.4. The van der Waals surface area contributed by atoms with Crippen LogP contribution in [0.1, 0.15) is 26.2 Å². The van der Waals surface area contributed by atoms with Crippen molar-refractivity contribution in [1.82, 2.24) is 5.32 Å². The van der Waals surface area contributed by atoms with Crippen molar-refractivity contribution in [3.63, 3.8) is 0 Å². The van der Waals surface area contributed by atoms with Crippen molar-refractivity contribution >= 4 is 5.69 Å². The molecule has 1 aliphatic rings. The van der Waals surface area contributed by atoms with Crippen LogP contribution in [-0.4, -0.2) is 25.7 Å². The maximum Gasteiger partial charge on any atom is 0.119 e. The summed E-state index contributed by atoms with van der Waals surface area (Å²) < 4.78 is 5.14. The Morgan fingerprint density at radius 2 is 2.06 bits per heavy atom. The third-order valence-electron chi connectivity index (χ3n) is 3.35. The molecule has 2 N–H and O–H groups in total. The minimum atomic E-state index is 0.598. The largest absolute Gasteiger partial charge is 0.497 e. The summed E-state index contributed by atoms with van der Waals surface area (Å²) in [4.78, 5) is 0. The summed E-state index contributed by atoms with van der Waals surface area (Å²) in [6, 6.07) is 9.35. The zero-order valence-corrected chi connectivity index (χ0v) is 10.7. The van der Waals surface area contributed by atoms with Crippen molar-refractivity contribution in [3.05, 3.63) is 24.3 Å². The molecule has 0 radical (unpaired) electrons. The molecule has 0 spiro atoms. The number of anilines is 1. The van der Waals surface area contributed by atoms with Crippen molar-refractivity contribution in [2.24, 2.45) is 0 Å². The lowest BCUT2D eigenvalue weighted by Gasteiger charge is -2.29. The number of benzene rings is 1. The molecule has 2 rings (SSSR count). The third-order valence-corrected chi connectivity index (χ3v) is 3.35. The predicted octanol–water partition coefficient (Wildman–Crippen LogP) is 2.64. The van der Waals surface area contributed by atoms with Gasteiger partial charge in [0.15, 0.2) is 0 Å². The van der Waals surface area contributed by atoms with Gasteiger partial charge in [0.05, 0.1) is 7.11 Å². The maximum absolute atomic E-state index is 5.14. The first kappa shape index (κ1) is 12.2. The highest BCUT2D eigenvalue weighted by Gasteiger charge is 2.16. The molecule has 0 amide bonds. The molecular formula is C14H22N2O. The van der Waals surface area contributed by atoms with Crippen molar-refractivity contribution in [3.8, 4) is 5.75 Å². The lowest BCUT2D eigenvalue weighted by atomic mass is 9.99. The molecule has 1 fully saturated rings. The van der Waals surface area contributed by atoms with Crippen LogP contribution in [-0.2, 0) is 0 Å². The summed E-state index contributed by atoms with van der Waals surface area (Å²) in [5, 5.41) is 7.09. The fourth-order valence-corrected chi connectivity index (χ4v) is 2.35. The van der Waals surface area contributed by atoms with Crippen LogP contribution in [0.2, 0.25) is 0 Å². The van der Waals surface area contributed by atoms with E-state index in [2.05, 4.69) is 29.7 Å². The van der Waals surface area contributed by atoms with Gasteiger partial charge < -0.3 is 15.4 Å². The standard InChI is InChI=1S/C14H22N2O/c1-11-4-3-5-13(16-11)10-15-12-6-8-14(17-2)9-7-12/h6-9,11,13,15-16H,3-5,10H2,1-2H3. The first-order valence-electron chi connectivity index (χ1n) is 6.42. The summed E-state index contributed by atoms with van der Waals surface area (Å²) >= 11 is 0. The van der Waals surface area contributed by atoms with Crippen molar-refractivity contribution in [2.45, 2.75) is 38.3 Å². The zero-order valence-electron chi connectivity index (χ0n) is 10.7. The Morgan fingerprint density at radius 3 is 2.71 bits per heavy atom. The molecule has 1 heterocycles. The Labute approximate surface area is 104 Å². The summed E-state index contributed by atoms with van der Waals surface area (Å²) in [7, 11) is 1.69. The van der Waals surface area contributed by atoms with Gasteiger partial charge in [-0.3, -0.25) is 0 Å². The van der Waals surface area contributed by atoms with E-state index in [0.29, 0.717) is 12.1 Å². The lowest BCUT2D eigenvalue weighted by Crippen LogP contribution is -2.44. The van der Waals surface area contributed by atoms with E-state index >= 15 is 0 Å². The van der Waals surface area contributed by atoms with Crippen LogP contribution < -0.4 is 15.4 Å². The molecule has 1 aromatic rings. The molecule has 2 atom stereocenters. The molecule has 1 saturated heterocycles. The van der Waals surface area contributed by atoms with Crippen LogP contribution >= 0.6 is 0 Å². The summed E-state index contributed by atoms with van der Waals surface area (Å²) in [6.45, 7) is 3.26. The van der Waals surface area contributed by atoms with Crippen molar-refractivity contribution in [1.29, 1.82) is 0 Å². The molecule has 94 valence electrons. The Balaban J connectivity index is 1.80.